The topological polar surface area (TPSA) is 78.9 Å². The van der Waals surface area contributed by atoms with Crippen LogP contribution in [0.4, 0.5) is 0 Å². The second-order valence-electron chi connectivity index (χ2n) is 9.62. The lowest BCUT2D eigenvalue weighted by atomic mass is 10.0. The van der Waals surface area contributed by atoms with Gasteiger partial charge in [0.05, 0.1) is 23.3 Å². The largest absolute Gasteiger partial charge is 0.462 e. The highest BCUT2D eigenvalue weighted by Crippen LogP contribution is 2.18. The molecule has 6 nitrogen and oxygen atoms in total. The fourth-order valence-corrected chi connectivity index (χ4v) is 3.88. The molecule has 38 heavy (non-hydrogen) atoms. The number of carbonyl (C=O) groups is 3. The van der Waals surface area contributed by atoms with Crippen molar-refractivity contribution in [3.63, 3.8) is 0 Å². The molecule has 3 aromatic rings. The van der Waals surface area contributed by atoms with E-state index in [4.69, 9.17) is 14.2 Å². The summed E-state index contributed by atoms with van der Waals surface area (Å²) in [6.45, 7) is 4.80. The monoisotopic (exact) mass is 516 g/mol. The van der Waals surface area contributed by atoms with Crippen molar-refractivity contribution >= 4 is 17.9 Å². The molecule has 200 valence electrons. The zero-order valence-electron chi connectivity index (χ0n) is 22.2. The normalized spacial score (nSPS) is 10.7. The average Bonchev–Trinajstić information content (AvgIpc) is 2.94. The third kappa shape index (κ3) is 9.51. The van der Waals surface area contributed by atoms with E-state index in [1.165, 1.54) is 24.6 Å². The second kappa shape index (κ2) is 15.4. The molecule has 0 amide bonds. The van der Waals surface area contributed by atoms with Crippen LogP contribution in [-0.4, -0.2) is 24.5 Å². The molecule has 0 aliphatic carbocycles. The molecule has 0 unspecified atom stereocenters. The Labute approximate surface area is 224 Å². The van der Waals surface area contributed by atoms with E-state index in [0.29, 0.717) is 5.92 Å². The molecule has 0 radical (unpaired) electrons. The molecule has 0 N–H and O–H groups in total. The molecule has 0 heterocycles. The molecule has 0 fully saturated rings. The minimum Gasteiger partial charge on any atom is -0.462 e. The Morgan fingerprint density at radius 1 is 0.605 bits per heavy atom. The number of rotatable bonds is 14. The van der Waals surface area contributed by atoms with Crippen molar-refractivity contribution in [3.8, 4) is 0 Å². The molecule has 0 saturated heterocycles. The third-order valence-corrected chi connectivity index (χ3v) is 6.03. The first-order valence-corrected chi connectivity index (χ1v) is 13.2. The van der Waals surface area contributed by atoms with Gasteiger partial charge < -0.3 is 14.2 Å². The molecule has 0 aromatic heterocycles. The Kier molecular flexibility index (Phi) is 11.6. The average molecular weight is 517 g/mol. The molecule has 0 bridgehead atoms. The summed E-state index contributed by atoms with van der Waals surface area (Å²) in [5.41, 5.74) is 1.82. The standard InChI is InChI=1S/C32H36O6/c1-24(2)13-7-3-4-12-20-36-31(34)28-19-18-27(30(33)37-22-25-14-8-5-9-15-25)21-29(28)32(35)38-23-26-16-10-6-11-17-26/h5-6,8-11,14-19,21,24H,3-4,7,12-13,20,22-23H2,1-2H3. The number of hydrogen-bond donors (Lipinski definition) is 0. The molecule has 0 spiro atoms. The van der Waals surface area contributed by atoms with Gasteiger partial charge in [-0.2, -0.15) is 0 Å². The van der Waals surface area contributed by atoms with Crippen LogP contribution in [0.25, 0.3) is 0 Å². The summed E-state index contributed by atoms with van der Waals surface area (Å²) in [6, 6.07) is 22.7. The van der Waals surface area contributed by atoms with Crippen molar-refractivity contribution in [1.29, 1.82) is 0 Å². The lowest BCUT2D eigenvalue weighted by molar-refractivity contribution is 0.0433. The Hall–Kier alpha value is -3.93. The number of esters is 3. The van der Waals surface area contributed by atoms with E-state index in [0.717, 1.165) is 36.8 Å². The SMILES string of the molecule is CC(C)CCCCCCOC(=O)c1ccc(C(=O)OCc2ccccc2)cc1C(=O)OCc1ccccc1. The number of benzene rings is 3. The molecule has 0 aliphatic rings. The quantitative estimate of drug-likeness (QED) is 0.128. The molecule has 3 rings (SSSR count). The van der Waals surface area contributed by atoms with Crippen molar-refractivity contribution in [2.45, 2.75) is 59.2 Å². The first-order chi connectivity index (χ1) is 18.4. The van der Waals surface area contributed by atoms with E-state index < -0.39 is 17.9 Å². The Balaban J connectivity index is 1.67. The van der Waals surface area contributed by atoms with Crippen LogP contribution >= 0.6 is 0 Å². The zero-order chi connectivity index (χ0) is 27.2. The van der Waals surface area contributed by atoms with Gasteiger partial charge in [-0.25, -0.2) is 14.4 Å². The van der Waals surface area contributed by atoms with Crippen LogP contribution in [0.3, 0.4) is 0 Å². The molecule has 0 aliphatic heterocycles. The smallest absolute Gasteiger partial charge is 0.339 e. The van der Waals surface area contributed by atoms with Gasteiger partial charge in [-0.1, -0.05) is 100 Å². The van der Waals surface area contributed by atoms with Crippen LogP contribution in [0, 0.1) is 5.92 Å². The Morgan fingerprint density at radius 3 is 1.76 bits per heavy atom. The van der Waals surface area contributed by atoms with Crippen molar-refractivity contribution < 1.29 is 28.6 Å². The van der Waals surface area contributed by atoms with E-state index >= 15 is 0 Å². The van der Waals surface area contributed by atoms with Gasteiger partial charge in [-0.15, -0.1) is 0 Å². The fraction of sp³-hybridized carbons (Fsp3) is 0.344. The van der Waals surface area contributed by atoms with Crippen molar-refractivity contribution in [3.05, 3.63) is 107 Å². The van der Waals surface area contributed by atoms with Crippen molar-refractivity contribution in [2.75, 3.05) is 6.61 Å². The minimum atomic E-state index is -0.716. The highest BCUT2D eigenvalue weighted by Gasteiger charge is 2.22. The number of hydrogen-bond acceptors (Lipinski definition) is 6. The number of carbonyl (C=O) groups excluding carboxylic acids is 3. The molecular formula is C32H36O6. The lowest BCUT2D eigenvalue weighted by Gasteiger charge is -2.12. The molecule has 0 saturated carbocycles. The summed E-state index contributed by atoms with van der Waals surface area (Å²) in [6.07, 6.45) is 5.16. The van der Waals surface area contributed by atoms with E-state index in [1.807, 2.05) is 60.7 Å². The Bertz CT molecular complexity index is 1170. The summed E-state index contributed by atoms with van der Waals surface area (Å²) in [7, 11) is 0. The molecular weight excluding hydrogens is 480 g/mol. The van der Waals surface area contributed by atoms with Crippen LogP contribution in [-0.2, 0) is 27.4 Å². The Morgan fingerprint density at radius 2 is 1.16 bits per heavy atom. The van der Waals surface area contributed by atoms with Gasteiger partial charge >= 0.3 is 17.9 Å². The van der Waals surface area contributed by atoms with Crippen LogP contribution in [0.15, 0.2) is 78.9 Å². The second-order valence-corrected chi connectivity index (χ2v) is 9.62. The summed E-state index contributed by atoms with van der Waals surface area (Å²) in [5, 5.41) is 0. The van der Waals surface area contributed by atoms with E-state index in [1.54, 1.807) is 0 Å². The number of unbranched alkanes of at least 4 members (excludes halogenated alkanes) is 3. The van der Waals surface area contributed by atoms with Crippen molar-refractivity contribution in [1.82, 2.24) is 0 Å². The van der Waals surface area contributed by atoms with Gasteiger partial charge in [0.15, 0.2) is 0 Å². The van der Waals surface area contributed by atoms with Crippen LogP contribution in [0.1, 0.15) is 88.2 Å². The van der Waals surface area contributed by atoms with Crippen LogP contribution in [0.2, 0.25) is 0 Å². The maximum absolute atomic E-state index is 13.0. The first kappa shape index (κ1) is 28.6. The molecule has 0 atom stereocenters. The summed E-state index contributed by atoms with van der Waals surface area (Å²) in [4.78, 5) is 38.6. The molecule has 6 heteroatoms. The van der Waals surface area contributed by atoms with Crippen LogP contribution < -0.4 is 0 Å². The van der Waals surface area contributed by atoms with Gasteiger partial charge in [0.1, 0.15) is 13.2 Å². The zero-order valence-corrected chi connectivity index (χ0v) is 22.2. The van der Waals surface area contributed by atoms with E-state index in [9.17, 15) is 14.4 Å². The highest BCUT2D eigenvalue weighted by molar-refractivity contribution is 6.05. The maximum Gasteiger partial charge on any atom is 0.339 e. The predicted octanol–water partition coefficient (Wildman–Crippen LogP) is 7.16. The van der Waals surface area contributed by atoms with Gasteiger partial charge in [-0.3, -0.25) is 0 Å². The third-order valence-electron chi connectivity index (χ3n) is 6.03. The number of ether oxygens (including phenoxy) is 3. The van der Waals surface area contributed by atoms with Gasteiger partial charge in [0.2, 0.25) is 0 Å². The van der Waals surface area contributed by atoms with E-state index in [-0.39, 0.29) is 36.5 Å². The van der Waals surface area contributed by atoms with Crippen molar-refractivity contribution in [2.24, 2.45) is 5.92 Å². The minimum absolute atomic E-state index is 0.0305. The predicted molar refractivity (Wildman–Crippen MR) is 146 cm³/mol. The van der Waals surface area contributed by atoms with Crippen LogP contribution in [0.5, 0.6) is 0 Å². The molecule has 3 aromatic carbocycles. The van der Waals surface area contributed by atoms with Gasteiger partial charge in [0.25, 0.3) is 0 Å². The van der Waals surface area contributed by atoms with E-state index in [2.05, 4.69) is 13.8 Å². The highest BCUT2D eigenvalue weighted by atomic mass is 16.5. The first-order valence-electron chi connectivity index (χ1n) is 13.2. The van der Waals surface area contributed by atoms with Gasteiger partial charge in [0, 0.05) is 0 Å². The summed E-state index contributed by atoms with van der Waals surface area (Å²) in [5.74, 6) is -1.26. The van der Waals surface area contributed by atoms with Gasteiger partial charge in [-0.05, 0) is 41.7 Å². The maximum atomic E-state index is 13.0. The summed E-state index contributed by atoms with van der Waals surface area (Å²) < 4.78 is 16.3. The fourth-order valence-electron chi connectivity index (χ4n) is 3.88. The summed E-state index contributed by atoms with van der Waals surface area (Å²) >= 11 is 0. The lowest BCUT2D eigenvalue weighted by Crippen LogP contribution is -2.16.